The van der Waals surface area contributed by atoms with Crippen LogP contribution in [0.5, 0.6) is 0 Å². The number of halogens is 1. The maximum atomic E-state index is 11.9. The average molecular weight is 246 g/mol. The fraction of sp³-hybridized carbons (Fsp3) is 0. The molecule has 7 heteroatoms. The predicted molar refractivity (Wildman–Crippen MR) is 58.2 cm³/mol. The Bertz CT molecular complexity index is 712. The summed E-state index contributed by atoms with van der Waals surface area (Å²) >= 11 is 5.74. The van der Waals surface area contributed by atoms with Gasteiger partial charge in [-0.1, -0.05) is 0 Å². The second-order valence-electron chi connectivity index (χ2n) is 3.47. The number of rotatable bonds is 0. The molecule has 0 aromatic carbocycles. The van der Waals surface area contributed by atoms with Crippen molar-refractivity contribution in [2.75, 3.05) is 0 Å². The van der Waals surface area contributed by atoms with Gasteiger partial charge in [0.05, 0.1) is 6.20 Å². The van der Waals surface area contributed by atoms with Crippen molar-refractivity contribution in [3.63, 3.8) is 0 Å². The molecule has 17 heavy (non-hydrogen) atoms. The molecule has 1 aliphatic heterocycles. The fourth-order valence-corrected chi connectivity index (χ4v) is 2.00. The minimum Gasteiger partial charge on any atom is -0.709 e. The Hall–Kier alpha value is -2.39. The maximum Gasteiger partial charge on any atom is 0.319 e. The summed E-state index contributed by atoms with van der Waals surface area (Å²) in [6.07, 6.45) is 1.65. The molecule has 0 bridgehead atoms. The van der Waals surface area contributed by atoms with Crippen LogP contribution in [-0.4, -0.2) is 15.3 Å². The number of aromatic nitrogens is 3. The summed E-state index contributed by atoms with van der Waals surface area (Å²) < 4.78 is 1.96. The van der Waals surface area contributed by atoms with Gasteiger partial charge < -0.3 is 5.21 Å². The van der Waals surface area contributed by atoms with Crippen molar-refractivity contribution < 1.29 is 4.73 Å². The van der Waals surface area contributed by atoms with E-state index in [0.29, 0.717) is 10.4 Å². The normalized spacial score (nSPS) is 12.1. The molecule has 0 spiro atoms. The Morgan fingerprint density at radius 3 is 3.06 bits per heavy atom. The summed E-state index contributed by atoms with van der Waals surface area (Å²) in [7, 11) is 0. The summed E-state index contributed by atoms with van der Waals surface area (Å²) in [5.41, 5.74) is 0.679. The molecule has 0 unspecified atom stereocenters. The highest BCUT2D eigenvalue weighted by atomic mass is 35.5. The van der Waals surface area contributed by atoms with Crippen LogP contribution in [0.15, 0.2) is 18.3 Å². The summed E-state index contributed by atoms with van der Waals surface area (Å²) in [6.45, 7) is 0. The minimum absolute atomic E-state index is 0.114. The summed E-state index contributed by atoms with van der Waals surface area (Å²) in [5, 5.41) is 28.3. The molecule has 0 aliphatic carbocycles. The third-order valence-corrected chi connectivity index (χ3v) is 2.91. The Morgan fingerprint density at radius 2 is 2.35 bits per heavy atom. The van der Waals surface area contributed by atoms with E-state index in [1.165, 1.54) is 4.57 Å². The van der Waals surface area contributed by atoms with E-state index in [9.17, 15) is 5.21 Å². The molecule has 1 aliphatic rings. The molecule has 0 fully saturated rings. The Morgan fingerprint density at radius 1 is 1.59 bits per heavy atom. The highest BCUT2D eigenvalue weighted by Gasteiger charge is 2.35. The molecule has 1 N–H and O–H groups in total. The van der Waals surface area contributed by atoms with Crippen LogP contribution in [0.4, 0.5) is 0 Å². The van der Waals surface area contributed by atoms with Crippen LogP contribution in [0.1, 0.15) is 17.1 Å². The number of nitrogens with zero attached hydrogens (tertiary/aromatic N) is 4. The zero-order valence-electron chi connectivity index (χ0n) is 8.31. The zero-order valence-corrected chi connectivity index (χ0v) is 9.06. The number of hydrogen-bond acceptors (Lipinski definition) is 4. The molecular formula is C10H4ClN5O. The lowest BCUT2D eigenvalue weighted by atomic mass is 10.2. The van der Waals surface area contributed by atoms with E-state index >= 15 is 0 Å². The first-order valence-electron chi connectivity index (χ1n) is 4.65. The quantitative estimate of drug-likeness (QED) is 0.468. The van der Waals surface area contributed by atoms with E-state index in [1.54, 1.807) is 24.4 Å². The van der Waals surface area contributed by atoms with Gasteiger partial charge >= 0.3 is 5.82 Å². The Balaban J connectivity index is 2.45. The molecule has 0 radical (unpaired) electrons. The molecule has 3 heterocycles. The predicted octanol–water partition coefficient (Wildman–Crippen LogP) is 0.760. The largest absolute Gasteiger partial charge is 0.709 e. The van der Waals surface area contributed by atoms with Crippen molar-refractivity contribution in [3.05, 3.63) is 45.8 Å². The van der Waals surface area contributed by atoms with Gasteiger partial charge in [0, 0.05) is 0 Å². The van der Waals surface area contributed by atoms with E-state index in [2.05, 4.69) is 4.98 Å². The summed E-state index contributed by atoms with van der Waals surface area (Å²) in [5.74, 6) is 0.166. The Labute approximate surface area is 100 Å². The molecule has 0 saturated carbocycles. The van der Waals surface area contributed by atoms with Crippen molar-refractivity contribution in [1.29, 1.82) is 10.7 Å². The van der Waals surface area contributed by atoms with Crippen LogP contribution in [0, 0.1) is 21.9 Å². The molecule has 0 atom stereocenters. The van der Waals surface area contributed by atoms with E-state index in [4.69, 9.17) is 22.3 Å². The highest BCUT2D eigenvalue weighted by molar-refractivity contribution is 6.29. The fourth-order valence-electron chi connectivity index (χ4n) is 1.83. The lowest BCUT2D eigenvalue weighted by Crippen LogP contribution is -2.35. The van der Waals surface area contributed by atoms with Gasteiger partial charge in [0.15, 0.2) is 11.4 Å². The van der Waals surface area contributed by atoms with E-state index < -0.39 is 0 Å². The first-order valence-corrected chi connectivity index (χ1v) is 5.03. The van der Waals surface area contributed by atoms with E-state index in [0.717, 1.165) is 0 Å². The standard InChI is InChI=1S/C10H4ClN5O/c11-9-5(4-12)14-8-7(13)6-2-1-3-15(6)10(8)16(9)17/h1-3,13H. The maximum absolute atomic E-state index is 11.9. The van der Waals surface area contributed by atoms with Crippen molar-refractivity contribution in [2.24, 2.45) is 0 Å². The second kappa shape index (κ2) is 3.06. The molecule has 0 saturated heterocycles. The highest BCUT2D eigenvalue weighted by Crippen LogP contribution is 2.25. The molecule has 2 aromatic heterocycles. The third-order valence-electron chi connectivity index (χ3n) is 2.58. The monoisotopic (exact) mass is 245 g/mol. The van der Waals surface area contributed by atoms with Gasteiger partial charge in [-0.2, -0.15) is 9.83 Å². The van der Waals surface area contributed by atoms with Crippen LogP contribution >= 0.6 is 11.6 Å². The van der Waals surface area contributed by atoms with Crippen molar-refractivity contribution in [2.45, 2.75) is 0 Å². The third kappa shape index (κ3) is 1.06. The lowest BCUT2D eigenvalue weighted by molar-refractivity contribution is -0.597. The van der Waals surface area contributed by atoms with Crippen LogP contribution < -0.4 is 4.73 Å². The van der Waals surface area contributed by atoms with Gasteiger partial charge in [0.1, 0.15) is 11.8 Å². The SMILES string of the molecule is N#Cc1nc2c([n+]([O-])c1Cl)-n1cccc1C2=N. The van der Waals surface area contributed by atoms with Crippen LogP contribution in [0.25, 0.3) is 5.82 Å². The van der Waals surface area contributed by atoms with Gasteiger partial charge in [0.25, 0.3) is 0 Å². The van der Waals surface area contributed by atoms with Gasteiger partial charge in [-0.15, -0.1) is 0 Å². The Kier molecular flexibility index (Phi) is 1.76. The smallest absolute Gasteiger partial charge is 0.319 e. The van der Waals surface area contributed by atoms with Gasteiger partial charge in [-0.05, 0) is 23.7 Å². The van der Waals surface area contributed by atoms with Crippen molar-refractivity contribution in [3.8, 4) is 11.9 Å². The number of fused-ring (bicyclic) bond motifs is 3. The molecule has 6 nitrogen and oxygen atoms in total. The topological polar surface area (TPSA) is 92.4 Å². The van der Waals surface area contributed by atoms with Crippen LogP contribution in [0.3, 0.4) is 0 Å². The molecule has 2 aromatic rings. The zero-order chi connectivity index (χ0) is 12.2. The lowest BCUT2D eigenvalue weighted by Gasteiger charge is -2.09. The van der Waals surface area contributed by atoms with E-state index in [1.807, 2.05) is 0 Å². The van der Waals surface area contributed by atoms with Gasteiger partial charge in [-0.3, -0.25) is 5.41 Å². The van der Waals surface area contributed by atoms with Crippen LogP contribution in [-0.2, 0) is 0 Å². The number of nitrogens with one attached hydrogen (secondary N) is 1. The van der Waals surface area contributed by atoms with Gasteiger partial charge in [0.2, 0.25) is 10.8 Å². The first kappa shape index (κ1) is 9.81. The first-order chi connectivity index (χ1) is 8.15. The summed E-state index contributed by atoms with van der Waals surface area (Å²) in [4.78, 5) is 3.94. The average Bonchev–Trinajstić information content (AvgIpc) is 2.87. The molecule has 0 amide bonds. The molecule has 3 rings (SSSR count). The second-order valence-corrected chi connectivity index (χ2v) is 3.83. The number of hydrogen-bond donors (Lipinski definition) is 1. The van der Waals surface area contributed by atoms with E-state index in [-0.39, 0.29) is 28.1 Å². The molecular weight excluding hydrogens is 242 g/mol. The molecule has 82 valence electrons. The minimum atomic E-state index is -0.277. The van der Waals surface area contributed by atoms with Crippen LogP contribution in [0.2, 0.25) is 5.15 Å². The van der Waals surface area contributed by atoms with Crippen molar-refractivity contribution >= 4 is 17.3 Å². The summed E-state index contributed by atoms with van der Waals surface area (Å²) in [6, 6.07) is 5.16. The van der Waals surface area contributed by atoms with Crippen molar-refractivity contribution in [1.82, 2.24) is 9.55 Å². The number of nitriles is 1. The van der Waals surface area contributed by atoms with Gasteiger partial charge in [-0.25, -0.2) is 9.71 Å².